The molecule has 0 amide bonds. The van der Waals surface area contributed by atoms with Crippen LogP contribution in [-0.4, -0.2) is 13.7 Å². The number of rotatable bonds is 5. The van der Waals surface area contributed by atoms with Crippen molar-refractivity contribution in [2.45, 2.75) is 13.5 Å². The van der Waals surface area contributed by atoms with Gasteiger partial charge in [-0.1, -0.05) is 6.58 Å². The lowest BCUT2D eigenvalue weighted by Gasteiger charge is -2.06. The molecule has 80 valence electrons. The second kappa shape index (κ2) is 6.12. The van der Waals surface area contributed by atoms with Crippen molar-refractivity contribution >= 4 is 0 Å². The SMILES string of the molecule is C=C(/C=C(\C=C(/C)F)OC(F)F)OC. The third-order valence-corrected chi connectivity index (χ3v) is 1.13. The molecule has 0 bridgehead atoms. The van der Waals surface area contributed by atoms with Crippen LogP contribution in [0.2, 0.25) is 0 Å². The van der Waals surface area contributed by atoms with Crippen molar-refractivity contribution in [2.24, 2.45) is 0 Å². The van der Waals surface area contributed by atoms with E-state index in [0.717, 1.165) is 19.1 Å². The predicted molar refractivity (Wildman–Crippen MR) is 46.2 cm³/mol. The normalized spacial score (nSPS) is 13.0. The van der Waals surface area contributed by atoms with Gasteiger partial charge in [0.15, 0.2) is 0 Å². The van der Waals surface area contributed by atoms with E-state index in [2.05, 4.69) is 16.1 Å². The molecule has 0 spiro atoms. The van der Waals surface area contributed by atoms with Crippen LogP contribution in [0.15, 0.2) is 36.1 Å². The highest BCUT2D eigenvalue weighted by Gasteiger charge is 2.06. The minimum absolute atomic E-state index is 0.0955. The van der Waals surface area contributed by atoms with Crippen LogP contribution < -0.4 is 0 Å². The first-order valence-corrected chi connectivity index (χ1v) is 3.69. The van der Waals surface area contributed by atoms with Crippen molar-refractivity contribution in [1.82, 2.24) is 0 Å². The standard InChI is InChI=1S/C9H11F3O2/c1-6(10)4-8(14-9(11)12)5-7(2)13-3/h4-5,9H,2H2,1,3H3/b6-4+,8-5+. The Morgan fingerprint density at radius 1 is 1.36 bits per heavy atom. The molecule has 0 aliphatic rings. The van der Waals surface area contributed by atoms with E-state index in [9.17, 15) is 13.2 Å². The highest BCUT2D eigenvalue weighted by atomic mass is 19.3. The van der Waals surface area contributed by atoms with Crippen molar-refractivity contribution in [2.75, 3.05) is 7.11 Å². The lowest BCUT2D eigenvalue weighted by molar-refractivity contribution is -0.0923. The van der Waals surface area contributed by atoms with Gasteiger partial charge in [-0.3, -0.25) is 0 Å². The van der Waals surface area contributed by atoms with Gasteiger partial charge in [0.05, 0.1) is 7.11 Å². The lowest BCUT2D eigenvalue weighted by atomic mass is 10.3. The maximum absolute atomic E-state index is 12.4. The molecule has 0 heterocycles. The minimum Gasteiger partial charge on any atom is -0.497 e. The minimum atomic E-state index is -3.01. The van der Waals surface area contributed by atoms with Gasteiger partial charge in [0.2, 0.25) is 0 Å². The molecular weight excluding hydrogens is 197 g/mol. The van der Waals surface area contributed by atoms with E-state index in [1.165, 1.54) is 7.11 Å². The van der Waals surface area contributed by atoms with Crippen LogP contribution in [0.5, 0.6) is 0 Å². The smallest absolute Gasteiger partial charge is 0.387 e. The van der Waals surface area contributed by atoms with Gasteiger partial charge in [0.1, 0.15) is 17.3 Å². The molecule has 0 fully saturated rings. The second-order valence-corrected chi connectivity index (χ2v) is 2.33. The van der Waals surface area contributed by atoms with E-state index in [1.54, 1.807) is 0 Å². The zero-order chi connectivity index (χ0) is 11.1. The molecule has 14 heavy (non-hydrogen) atoms. The van der Waals surface area contributed by atoms with Gasteiger partial charge in [0.25, 0.3) is 0 Å². The number of hydrogen-bond acceptors (Lipinski definition) is 2. The number of hydrogen-bond donors (Lipinski definition) is 0. The Morgan fingerprint density at radius 3 is 2.29 bits per heavy atom. The first-order valence-electron chi connectivity index (χ1n) is 3.69. The first-order chi connectivity index (χ1) is 6.45. The summed E-state index contributed by atoms with van der Waals surface area (Å²) in [5.74, 6) is -0.897. The second-order valence-electron chi connectivity index (χ2n) is 2.33. The summed E-state index contributed by atoms with van der Waals surface area (Å²) in [6.45, 7) is 1.45. The third kappa shape index (κ3) is 6.16. The Hall–Kier alpha value is -1.39. The quantitative estimate of drug-likeness (QED) is 0.510. The summed E-state index contributed by atoms with van der Waals surface area (Å²) in [7, 11) is 1.31. The molecule has 0 radical (unpaired) electrons. The van der Waals surface area contributed by atoms with Crippen molar-refractivity contribution in [3.63, 3.8) is 0 Å². The fraction of sp³-hybridized carbons (Fsp3) is 0.333. The van der Waals surface area contributed by atoms with Crippen molar-refractivity contribution in [1.29, 1.82) is 0 Å². The zero-order valence-electron chi connectivity index (χ0n) is 7.89. The molecule has 0 rings (SSSR count). The molecule has 0 aliphatic heterocycles. The lowest BCUT2D eigenvalue weighted by Crippen LogP contribution is -1.98. The summed E-state index contributed by atoms with van der Waals surface area (Å²) in [6, 6.07) is 0. The fourth-order valence-electron chi connectivity index (χ4n) is 0.626. The van der Waals surface area contributed by atoms with Gasteiger partial charge in [-0.25, -0.2) is 4.39 Å². The number of halogens is 3. The van der Waals surface area contributed by atoms with E-state index in [0.29, 0.717) is 0 Å². The molecular formula is C9H11F3O2. The van der Waals surface area contributed by atoms with Gasteiger partial charge >= 0.3 is 6.61 Å². The molecule has 0 N–H and O–H groups in total. The Kier molecular flexibility index (Phi) is 5.52. The van der Waals surface area contributed by atoms with E-state index < -0.39 is 12.4 Å². The summed E-state index contributed by atoms with van der Waals surface area (Å²) in [4.78, 5) is 0. The average Bonchev–Trinajstić information content (AvgIpc) is 2.01. The summed E-state index contributed by atoms with van der Waals surface area (Å²) in [5.41, 5.74) is 0. The highest BCUT2D eigenvalue weighted by molar-refractivity contribution is 5.22. The highest BCUT2D eigenvalue weighted by Crippen LogP contribution is 2.12. The van der Waals surface area contributed by atoms with Gasteiger partial charge < -0.3 is 9.47 Å². The van der Waals surface area contributed by atoms with Gasteiger partial charge in [-0.05, 0) is 6.92 Å². The zero-order valence-corrected chi connectivity index (χ0v) is 7.89. The molecule has 0 aliphatic carbocycles. The van der Waals surface area contributed by atoms with Crippen LogP contribution >= 0.6 is 0 Å². The first kappa shape index (κ1) is 12.6. The predicted octanol–water partition coefficient (Wildman–Crippen LogP) is 3.14. The summed E-state index contributed by atoms with van der Waals surface area (Å²) >= 11 is 0. The van der Waals surface area contributed by atoms with Crippen molar-refractivity contribution < 1.29 is 22.6 Å². The van der Waals surface area contributed by atoms with Crippen molar-refractivity contribution in [3.05, 3.63) is 36.1 Å². The maximum Gasteiger partial charge on any atom is 0.387 e. The Morgan fingerprint density at radius 2 is 1.93 bits per heavy atom. The molecule has 0 saturated heterocycles. The molecule has 0 saturated carbocycles. The van der Waals surface area contributed by atoms with Crippen molar-refractivity contribution in [3.8, 4) is 0 Å². The number of ether oxygens (including phenoxy) is 2. The van der Waals surface area contributed by atoms with Crippen LogP contribution in [-0.2, 0) is 9.47 Å². The molecule has 0 unspecified atom stereocenters. The monoisotopic (exact) mass is 208 g/mol. The molecule has 0 aromatic rings. The Bertz CT molecular complexity index is 253. The molecule has 0 aromatic heterocycles. The van der Waals surface area contributed by atoms with Gasteiger partial charge in [-0.2, -0.15) is 8.78 Å². The average molecular weight is 208 g/mol. The molecule has 2 nitrogen and oxygen atoms in total. The van der Waals surface area contributed by atoms with Crippen LogP contribution in [0.1, 0.15) is 6.92 Å². The topological polar surface area (TPSA) is 18.5 Å². The fourth-order valence-corrected chi connectivity index (χ4v) is 0.626. The van der Waals surface area contributed by atoms with E-state index in [-0.39, 0.29) is 11.5 Å². The van der Waals surface area contributed by atoms with E-state index in [4.69, 9.17) is 0 Å². The summed E-state index contributed by atoms with van der Waals surface area (Å²) in [6.07, 6.45) is 1.88. The largest absolute Gasteiger partial charge is 0.497 e. The van der Waals surface area contributed by atoms with E-state index in [1.807, 2.05) is 0 Å². The van der Waals surface area contributed by atoms with Crippen LogP contribution in [0.4, 0.5) is 13.2 Å². The summed E-state index contributed by atoms with van der Waals surface area (Å²) < 4.78 is 44.6. The third-order valence-electron chi connectivity index (χ3n) is 1.13. The van der Waals surface area contributed by atoms with Crippen LogP contribution in [0.3, 0.4) is 0 Å². The number of methoxy groups -OCH3 is 1. The van der Waals surface area contributed by atoms with Gasteiger partial charge in [0, 0.05) is 12.2 Å². The van der Waals surface area contributed by atoms with Gasteiger partial charge in [-0.15, -0.1) is 0 Å². The molecule has 0 atom stereocenters. The van der Waals surface area contributed by atoms with Crippen LogP contribution in [0.25, 0.3) is 0 Å². The molecule has 0 aromatic carbocycles. The molecule has 5 heteroatoms. The Balaban J connectivity index is 4.63. The van der Waals surface area contributed by atoms with E-state index >= 15 is 0 Å². The number of alkyl halides is 2. The summed E-state index contributed by atoms with van der Waals surface area (Å²) in [5, 5.41) is 0. The Labute approximate surface area is 80.3 Å². The number of allylic oxidation sites excluding steroid dienone is 3. The maximum atomic E-state index is 12.4. The van der Waals surface area contributed by atoms with Crippen LogP contribution in [0, 0.1) is 0 Å².